The zero-order valence-corrected chi connectivity index (χ0v) is 18.8. The predicted molar refractivity (Wildman–Crippen MR) is 114 cm³/mol. The van der Waals surface area contributed by atoms with Crippen molar-refractivity contribution < 1.29 is 18.8 Å². The van der Waals surface area contributed by atoms with Gasteiger partial charge in [0.15, 0.2) is 0 Å². The summed E-state index contributed by atoms with van der Waals surface area (Å²) in [6.45, 7) is 6.95. The van der Waals surface area contributed by atoms with Gasteiger partial charge in [-0.25, -0.2) is 0 Å². The Bertz CT molecular complexity index is 359. The Balaban J connectivity index is 3.45. The fraction of sp³-hybridized carbons (Fsp3) is 1.00. The van der Waals surface area contributed by atoms with Crippen molar-refractivity contribution in [1.82, 2.24) is 0 Å². The van der Waals surface area contributed by atoms with E-state index < -0.39 is 7.60 Å². The summed E-state index contributed by atoms with van der Waals surface area (Å²) in [5, 5.41) is 0. The molecule has 0 aromatic heterocycles. The van der Waals surface area contributed by atoms with Gasteiger partial charge in [-0.3, -0.25) is 4.57 Å². The van der Waals surface area contributed by atoms with Crippen LogP contribution in [0.1, 0.15) is 104 Å². The average molecular weight is 393 g/mol. The number of hydrogen-bond donors (Lipinski definition) is 2. The fourth-order valence-corrected chi connectivity index (χ4v) is 4.23. The van der Waals surface area contributed by atoms with E-state index >= 15 is 0 Å². The van der Waals surface area contributed by atoms with Crippen LogP contribution in [-0.2, 0) is 4.57 Å². The summed E-state index contributed by atoms with van der Waals surface area (Å²) >= 11 is 0. The summed E-state index contributed by atoms with van der Waals surface area (Å²) in [7, 11) is -1.74. The SMILES string of the molecule is CCCCCCCCCCCCCCCC[N+](C)(CC)CCP(=O)(O)O. The van der Waals surface area contributed by atoms with E-state index in [1.807, 2.05) is 0 Å². The first kappa shape index (κ1) is 26.1. The summed E-state index contributed by atoms with van der Waals surface area (Å²) in [5.41, 5.74) is 0. The number of hydrogen-bond acceptors (Lipinski definition) is 1. The lowest BCUT2D eigenvalue weighted by atomic mass is 10.0. The lowest BCUT2D eigenvalue weighted by Crippen LogP contribution is -2.46. The monoisotopic (exact) mass is 392 g/mol. The van der Waals surface area contributed by atoms with Crippen LogP contribution < -0.4 is 0 Å². The van der Waals surface area contributed by atoms with Crippen molar-refractivity contribution in [3.8, 4) is 0 Å². The van der Waals surface area contributed by atoms with Crippen LogP contribution in [0.5, 0.6) is 0 Å². The second-order valence-corrected chi connectivity index (χ2v) is 10.1. The average Bonchev–Trinajstić information content (AvgIpc) is 2.60. The first-order valence-corrected chi connectivity index (χ1v) is 13.0. The molecule has 0 spiro atoms. The Kier molecular flexibility index (Phi) is 16.2. The first-order chi connectivity index (χ1) is 12.3. The summed E-state index contributed by atoms with van der Waals surface area (Å²) in [5.74, 6) is 0. The van der Waals surface area contributed by atoms with E-state index in [4.69, 9.17) is 9.79 Å². The molecule has 0 aromatic carbocycles. The molecule has 1 unspecified atom stereocenters. The van der Waals surface area contributed by atoms with Gasteiger partial charge in [0.2, 0.25) is 0 Å². The molecule has 0 saturated heterocycles. The molecular formula is C21H47NO3P+. The second kappa shape index (κ2) is 16.1. The molecule has 0 heterocycles. The highest BCUT2D eigenvalue weighted by Gasteiger charge is 2.24. The third-order valence-electron chi connectivity index (χ3n) is 5.75. The molecule has 26 heavy (non-hydrogen) atoms. The highest BCUT2D eigenvalue weighted by molar-refractivity contribution is 7.51. The van der Waals surface area contributed by atoms with Crippen molar-refractivity contribution in [2.75, 3.05) is 32.8 Å². The molecule has 4 nitrogen and oxygen atoms in total. The standard InChI is InChI=1S/C21H46NO3P/c1-4-6-7-8-9-10-11-12-13-14-15-16-17-18-19-22(3,5-2)20-21-26(23,24)25/h4-21H2,1-3H3,(H-,23,24,25)/p+1. The van der Waals surface area contributed by atoms with Gasteiger partial charge < -0.3 is 14.3 Å². The minimum atomic E-state index is -3.86. The number of quaternary nitrogens is 1. The van der Waals surface area contributed by atoms with E-state index in [0.717, 1.165) is 17.6 Å². The van der Waals surface area contributed by atoms with Crippen LogP contribution in [-0.4, -0.2) is 47.1 Å². The minimum Gasteiger partial charge on any atom is -0.326 e. The highest BCUT2D eigenvalue weighted by Crippen LogP contribution is 2.34. The molecular weight excluding hydrogens is 345 g/mol. The lowest BCUT2D eigenvalue weighted by molar-refractivity contribution is -0.905. The van der Waals surface area contributed by atoms with Crippen molar-refractivity contribution in [3.05, 3.63) is 0 Å². The van der Waals surface area contributed by atoms with Crippen molar-refractivity contribution in [2.24, 2.45) is 0 Å². The van der Waals surface area contributed by atoms with E-state index in [0.29, 0.717) is 6.54 Å². The van der Waals surface area contributed by atoms with Crippen LogP contribution in [0.25, 0.3) is 0 Å². The van der Waals surface area contributed by atoms with Gasteiger partial charge in [0.05, 0.1) is 32.8 Å². The number of rotatable bonds is 19. The van der Waals surface area contributed by atoms with Crippen molar-refractivity contribution in [1.29, 1.82) is 0 Å². The largest absolute Gasteiger partial charge is 0.331 e. The van der Waals surface area contributed by atoms with E-state index in [1.165, 1.54) is 89.9 Å². The van der Waals surface area contributed by atoms with Gasteiger partial charge in [0.25, 0.3) is 0 Å². The molecule has 0 aliphatic carbocycles. The quantitative estimate of drug-likeness (QED) is 0.158. The molecule has 0 radical (unpaired) electrons. The lowest BCUT2D eigenvalue weighted by Gasteiger charge is -2.33. The van der Waals surface area contributed by atoms with Crippen LogP contribution in [0.15, 0.2) is 0 Å². The zero-order chi connectivity index (χ0) is 19.7. The summed E-state index contributed by atoms with van der Waals surface area (Å²) in [6, 6.07) is 0. The molecule has 0 bridgehead atoms. The molecule has 0 aliphatic heterocycles. The van der Waals surface area contributed by atoms with Crippen LogP contribution in [0.3, 0.4) is 0 Å². The maximum absolute atomic E-state index is 11.1. The van der Waals surface area contributed by atoms with E-state index in [-0.39, 0.29) is 6.16 Å². The molecule has 0 amide bonds. The maximum Gasteiger partial charge on any atom is 0.331 e. The minimum absolute atomic E-state index is 0.00986. The molecule has 0 aliphatic rings. The molecule has 158 valence electrons. The third kappa shape index (κ3) is 17.5. The van der Waals surface area contributed by atoms with Gasteiger partial charge in [0, 0.05) is 0 Å². The Morgan fingerprint density at radius 3 is 1.38 bits per heavy atom. The van der Waals surface area contributed by atoms with E-state index in [2.05, 4.69) is 20.9 Å². The molecule has 0 fully saturated rings. The van der Waals surface area contributed by atoms with Crippen LogP contribution in [0.4, 0.5) is 0 Å². The van der Waals surface area contributed by atoms with Crippen molar-refractivity contribution in [3.63, 3.8) is 0 Å². The second-order valence-electron chi connectivity index (χ2n) is 8.37. The summed E-state index contributed by atoms with van der Waals surface area (Å²) < 4.78 is 11.9. The van der Waals surface area contributed by atoms with Crippen LogP contribution in [0, 0.1) is 0 Å². The summed E-state index contributed by atoms with van der Waals surface area (Å²) in [4.78, 5) is 18.1. The van der Waals surface area contributed by atoms with Gasteiger partial charge in [-0.1, -0.05) is 84.0 Å². The molecule has 2 N–H and O–H groups in total. The van der Waals surface area contributed by atoms with Crippen molar-refractivity contribution >= 4 is 7.60 Å². The van der Waals surface area contributed by atoms with Gasteiger partial charge in [0.1, 0.15) is 0 Å². The Labute approximate surface area is 163 Å². The zero-order valence-electron chi connectivity index (χ0n) is 17.9. The number of unbranched alkanes of at least 4 members (excludes halogenated alkanes) is 13. The van der Waals surface area contributed by atoms with E-state index in [9.17, 15) is 4.57 Å². The maximum atomic E-state index is 11.1. The summed E-state index contributed by atoms with van der Waals surface area (Å²) in [6.07, 6.45) is 19.1. The van der Waals surface area contributed by atoms with Gasteiger partial charge >= 0.3 is 7.60 Å². The molecule has 1 atom stereocenters. The Morgan fingerprint density at radius 1 is 0.654 bits per heavy atom. The normalized spacial score (nSPS) is 14.5. The molecule has 0 rings (SSSR count). The smallest absolute Gasteiger partial charge is 0.326 e. The van der Waals surface area contributed by atoms with Gasteiger partial charge in [-0.05, 0) is 19.8 Å². The Hall–Kier alpha value is 0.110. The fourth-order valence-electron chi connectivity index (χ4n) is 3.49. The van der Waals surface area contributed by atoms with Crippen molar-refractivity contribution in [2.45, 2.75) is 104 Å². The predicted octanol–water partition coefficient (Wildman–Crippen LogP) is 6.11. The van der Waals surface area contributed by atoms with Gasteiger partial charge in [-0.15, -0.1) is 0 Å². The third-order valence-corrected chi connectivity index (χ3v) is 6.53. The van der Waals surface area contributed by atoms with E-state index in [1.54, 1.807) is 0 Å². The van der Waals surface area contributed by atoms with Gasteiger partial charge in [-0.2, -0.15) is 0 Å². The molecule has 0 saturated carbocycles. The Morgan fingerprint density at radius 2 is 1.04 bits per heavy atom. The topological polar surface area (TPSA) is 57.5 Å². The van der Waals surface area contributed by atoms with Crippen LogP contribution in [0.2, 0.25) is 0 Å². The highest BCUT2D eigenvalue weighted by atomic mass is 31.2. The molecule has 5 heteroatoms. The first-order valence-electron chi connectivity index (χ1n) is 11.2. The van der Waals surface area contributed by atoms with Crippen LogP contribution >= 0.6 is 7.60 Å². The molecule has 0 aromatic rings. The number of nitrogens with zero attached hydrogens (tertiary/aromatic N) is 1.